The number of ether oxygens (including phenoxy) is 1. The first-order valence-electron chi connectivity index (χ1n) is 12.0. The van der Waals surface area contributed by atoms with Crippen LogP contribution in [0.3, 0.4) is 0 Å². The largest absolute Gasteiger partial charge is 0.465 e. The van der Waals surface area contributed by atoms with E-state index in [1.165, 1.54) is 24.9 Å². The Morgan fingerprint density at radius 3 is 2.53 bits per heavy atom. The number of thioether (sulfide) groups is 1. The molecule has 2 saturated carbocycles. The van der Waals surface area contributed by atoms with Gasteiger partial charge in [0.25, 0.3) is 0 Å². The summed E-state index contributed by atoms with van der Waals surface area (Å²) in [4.78, 5) is 15.9. The highest BCUT2D eigenvalue weighted by Gasteiger charge is 2.39. The summed E-state index contributed by atoms with van der Waals surface area (Å²) in [5.41, 5.74) is -0.487. The van der Waals surface area contributed by atoms with Crippen molar-refractivity contribution in [3.05, 3.63) is 23.8 Å². The third-order valence-corrected chi connectivity index (χ3v) is 9.76. The number of hydrogen-bond acceptors (Lipinski definition) is 7. The summed E-state index contributed by atoms with van der Waals surface area (Å²) < 4.78 is 74.1. The molecule has 0 aliphatic heterocycles. The summed E-state index contributed by atoms with van der Waals surface area (Å²) in [6.45, 7) is 1.65. The van der Waals surface area contributed by atoms with E-state index in [-0.39, 0.29) is 23.3 Å². The first kappa shape index (κ1) is 28.6. The third-order valence-electron chi connectivity index (χ3n) is 6.58. The van der Waals surface area contributed by atoms with E-state index in [2.05, 4.69) is 4.99 Å². The van der Waals surface area contributed by atoms with Crippen molar-refractivity contribution in [3.8, 4) is 0 Å². The van der Waals surface area contributed by atoms with Gasteiger partial charge in [0.05, 0.1) is 17.1 Å². The number of rotatable bonds is 9. The molecule has 2 aliphatic carbocycles. The van der Waals surface area contributed by atoms with Crippen molar-refractivity contribution >= 4 is 39.7 Å². The van der Waals surface area contributed by atoms with Crippen molar-refractivity contribution in [2.24, 2.45) is 10.9 Å². The summed E-state index contributed by atoms with van der Waals surface area (Å²) in [5, 5.41) is 8.07. The Labute approximate surface area is 214 Å². The van der Waals surface area contributed by atoms with E-state index in [4.69, 9.17) is 10.1 Å². The van der Waals surface area contributed by atoms with Gasteiger partial charge in [-0.1, -0.05) is 12.8 Å². The van der Waals surface area contributed by atoms with Crippen molar-refractivity contribution < 1.29 is 31.1 Å². The van der Waals surface area contributed by atoms with Gasteiger partial charge in [-0.3, -0.25) is 9.79 Å². The fourth-order valence-electron chi connectivity index (χ4n) is 4.73. The van der Waals surface area contributed by atoms with Crippen LogP contribution in [0.25, 0.3) is 0 Å². The first-order valence-corrected chi connectivity index (χ1v) is 14.4. The molecule has 0 saturated heterocycles. The van der Waals surface area contributed by atoms with Gasteiger partial charge in [-0.15, -0.1) is 11.8 Å². The molecule has 2 atom stereocenters. The second-order valence-corrected chi connectivity index (χ2v) is 12.4. The van der Waals surface area contributed by atoms with Crippen LogP contribution in [0.1, 0.15) is 57.4 Å². The van der Waals surface area contributed by atoms with Crippen LogP contribution >= 0.6 is 11.8 Å². The van der Waals surface area contributed by atoms with Crippen molar-refractivity contribution in [2.45, 2.75) is 79.1 Å². The Morgan fingerprint density at radius 1 is 1.22 bits per heavy atom. The number of nitrogens with one attached hydrogen (secondary N) is 1. The van der Waals surface area contributed by atoms with Crippen LogP contribution in [0.4, 0.5) is 13.2 Å². The molecular formula is C24H32F3N3O4S2. The number of sulfonamides is 1. The maximum absolute atomic E-state index is 13.7. The quantitative estimate of drug-likeness (QED) is 0.339. The lowest BCUT2D eigenvalue weighted by atomic mass is 9.83. The lowest BCUT2D eigenvalue weighted by molar-refractivity contribution is -0.141. The SMILES string of the molecule is CCOC(=O)CN=C1CCCC(N(C)S(=O)(=O)c2cc(SC3CCCC3)cc(C(F)(F)F)c2)C1C=N. The zero-order chi connectivity index (χ0) is 26.5. The molecule has 1 N–H and O–H groups in total. The monoisotopic (exact) mass is 547 g/mol. The minimum atomic E-state index is -4.69. The van der Waals surface area contributed by atoms with Gasteiger partial charge in [0.2, 0.25) is 10.0 Å². The lowest BCUT2D eigenvalue weighted by Gasteiger charge is -2.36. The number of aliphatic imine (C=N–C) groups is 1. The summed E-state index contributed by atoms with van der Waals surface area (Å²) >= 11 is 1.30. The number of nitrogens with zero attached hydrogens (tertiary/aromatic N) is 2. The van der Waals surface area contributed by atoms with E-state index in [1.54, 1.807) is 6.92 Å². The number of carbonyl (C=O) groups excluding carboxylic acids is 1. The van der Waals surface area contributed by atoms with Gasteiger partial charge in [-0.05, 0) is 57.2 Å². The Hall–Kier alpha value is -1.92. The fraction of sp³-hybridized carbons (Fsp3) is 0.625. The van der Waals surface area contributed by atoms with Crippen LogP contribution in [0.5, 0.6) is 0 Å². The predicted molar refractivity (Wildman–Crippen MR) is 133 cm³/mol. The van der Waals surface area contributed by atoms with E-state index >= 15 is 0 Å². The Bertz CT molecular complexity index is 1090. The molecule has 0 bridgehead atoms. The Balaban J connectivity index is 1.92. The molecule has 2 unspecified atom stereocenters. The molecule has 1 aromatic rings. The predicted octanol–water partition coefficient (Wildman–Crippen LogP) is 5.18. The first-order chi connectivity index (χ1) is 17.0. The number of benzene rings is 1. The summed E-state index contributed by atoms with van der Waals surface area (Å²) in [6, 6.07) is 2.32. The van der Waals surface area contributed by atoms with Crippen LogP contribution < -0.4 is 0 Å². The molecule has 2 aliphatic rings. The van der Waals surface area contributed by atoms with Gasteiger partial charge in [0.15, 0.2) is 0 Å². The normalized spacial score (nSPS) is 22.8. The molecule has 0 spiro atoms. The van der Waals surface area contributed by atoms with E-state index in [1.807, 2.05) is 0 Å². The van der Waals surface area contributed by atoms with Gasteiger partial charge in [-0.25, -0.2) is 8.42 Å². The van der Waals surface area contributed by atoms with Crippen LogP contribution in [0, 0.1) is 11.3 Å². The molecule has 0 heterocycles. The Morgan fingerprint density at radius 2 is 1.92 bits per heavy atom. The molecule has 0 amide bonds. The van der Waals surface area contributed by atoms with Gasteiger partial charge in [0.1, 0.15) is 6.54 Å². The van der Waals surface area contributed by atoms with E-state index in [0.29, 0.717) is 31.0 Å². The minimum Gasteiger partial charge on any atom is -0.465 e. The summed E-state index contributed by atoms with van der Waals surface area (Å²) in [6.07, 6.45) is 1.68. The zero-order valence-corrected chi connectivity index (χ0v) is 22.0. The number of hydrogen-bond donors (Lipinski definition) is 1. The molecule has 0 radical (unpaired) electrons. The average molecular weight is 548 g/mol. The minimum absolute atomic E-state index is 0.167. The summed E-state index contributed by atoms with van der Waals surface area (Å²) in [5.74, 6) is -1.21. The number of esters is 1. The van der Waals surface area contributed by atoms with Crippen LogP contribution in [-0.4, -0.2) is 62.1 Å². The molecule has 1 aromatic carbocycles. The number of halogens is 3. The highest BCUT2D eigenvalue weighted by atomic mass is 32.2. The molecule has 7 nitrogen and oxygen atoms in total. The highest BCUT2D eigenvalue weighted by Crippen LogP contribution is 2.40. The van der Waals surface area contributed by atoms with Crippen molar-refractivity contribution in [1.29, 1.82) is 5.41 Å². The van der Waals surface area contributed by atoms with Crippen LogP contribution in [0.15, 0.2) is 33.0 Å². The maximum Gasteiger partial charge on any atom is 0.416 e. The number of carbonyl (C=O) groups is 1. The third kappa shape index (κ3) is 6.89. The molecule has 200 valence electrons. The average Bonchev–Trinajstić information content (AvgIpc) is 3.34. The molecule has 3 rings (SSSR count). The van der Waals surface area contributed by atoms with Gasteiger partial charge < -0.3 is 10.1 Å². The maximum atomic E-state index is 13.7. The van der Waals surface area contributed by atoms with Gasteiger partial charge in [0, 0.05) is 41.1 Å². The smallest absolute Gasteiger partial charge is 0.416 e. The van der Waals surface area contributed by atoms with E-state index in [0.717, 1.165) is 42.3 Å². The van der Waals surface area contributed by atoms with E-state index in [9.17, 15) is 26.4 Å². The van der Waals surface area contributed by atoms with Crippen molar-refractivity contribution in [2.75, 3.05) is 20.2 Å². The second-order valence-electron chi connectivity index (χ2n) is 9.00. The topological polar surface area (TPSA) is 99.9 Å². The van der Waals surface area contributed by atoms with E-state index < -0.39 is 44.6 Å². The molecule has 0 aromatic heterocycles. The molecule has 2 fully saturated rings. The van der Waals surface area contributed by atoms with Gasteiger partial charge in [-0.2, -0.15) is 17.5 Å². The lowest BCUT2D eigenvalue weighted by Crippen LogP contribution is -2.47. The second kappa shape index (κ2) is 12.1. The standard InChI is InChI=1S/C24H32F3N3O4S2/c1-3-34-23(31)15-29-21-9-6-10-22(20(21)14-28)30(2)36(32,33)19-12-16(24(25,26)27)11-18(13-19)35-17-7-4-5-8-17/h11-14,17,20,22,28H,3-10,15H2,1-2H3. The molecule has 12 heteroatoms. The van der Waals surface area contributed by atoms with Gasteiger partial charge >= 0.3 is 12.1 Å². The molecular weight excluding hydrogens is 515 g/mol. The highest BCUT2D eigenvalue weighted by molar-refractivity contribution is 8.00. The van der Waals surface area contributed by atoms with Crippen LogP contribution in [0.2, 0.25) is 0 Å². The van der Waals surface area contributed by atoms with Crippen molar-refractivity contribution in [3.63, 3.8) is 0 Å². The van der Waals surface area contributed by atoms with Crippen molar-refractivity contribution in [1.82, 2.24) is 4.31 Å². The summed E-state index contributed by atoms with van der Waals surface area (Å²) in [7, 11) is -2.99. The zero-order valence-electron chi connectivity index (χ0n) is 20.4. The van der Waals surface area contributed by atoms with Crippen LogP contribution in [-0.2, 0) is 25.7 Å². The number of alkyl halides is 3. The molecule has 36 heavy (non-hydrogen) atoms. The fourth-order valence-corrected chi connectivity index (χ4v) is 7.62. The Kier molecular flexibility index (Phi) is 9.62.